The quantitative estimate of drug-likeness (QED) is 0.563. The highest BCUT2D eigenvalue weighted by Crippen LogP contribution is 2.22. The highest BCUT2D eigenvalue weighted by Gasteiger charge is 2.15. The Bertz CT molecular complexity index is 818. The predicted molar refractivity (Wildman–Crippen MR) is 119 cm³/mol. The van der Waals surface area contributed by atoms with Crippen molar-refractivity contribution < 1.29 is 4.79 Å². The van der Waals surface area contributed by atoms with Gasteiger partial charge in [-0.15, -0.1) is 22.7 Å². The zero-order valence-electron chi connectivity index (χ0n) is 15.8. The number of amides is 1. The summed E-state index contributed by atoms with van der Waals surface area (Å²) in [4.78, 5) is 19.8. The first-order valence-corrected chi connectivity index (χ1v) is 11.4. The van der Waals surface area contributed by atoms with Gasteiger partial charge in [-0.25, -0.2) is 0 Å². The molecule has 3 aromatic rings. The number of hydrogen-bond acceptors (Lipinski definition) is 5. The summed E-state index contributed by atoms with van der Waals surface area (Å²) in [6, 6.07) is 16.6. The van der Waals surface area contributed by atoms with Crippen molar-refractivity contribution in [2.45, 2.75) is 25.9 Å². The molecule has 3 heterocycles. The standard InChI is InChI=1S/C22H25N3OS2/c26-22(23-18-7-9-19(10-8-18)25-11-1-2-12-25)17-24(15-20-5-3-13-27-20)16-21-6-4-14-28-21/h3-10,13-14H,1-2,11-12,15-17H2,(H,23,26). The van der Waals surface area contributed by atoms with E-state index in [-0.39, 0.29) is 5.91 Å². The second-order valence-corrected chi connectivity index (χ2v) is 9.16. The van der Waals surface area contributed by atoms with Gasteiger partial charge in [0, 0.05) is 47.3 Å². The fourth-order valence-corrected chi connectivity index (χ4v) is 5.04. The number of hydrogen-bond donors (Lipinski definition) is 1. The molecule has 1 N–H and O–H groups in total. The Balaban J connectivity index is 1.36. The molecular weight excluding hydrogens is 386 g/mol. The fourth-order valence-electron chi connectivity index (χ4n) is 3.55. The largest absolute Gasteiger partial charge is 0.372 e. The first-order valence-electron chi connectivity index (χ1n) is 9.68. The Morgan fingerprint density at radius 2 is 1.54 bits per heavy atom. The molecule has 0 unspecified atom stereocenters. The van der Waals surface area contributed by atoms with E-state index in [4.69, 9.17) is 0 Å². The molecule has 1 aliphatic rings. The molecule has 146 valence electrons. The van der Waals surface area contributed by atoms with Crippen LogP contribution in [0.1, 0.15) is 22.6 Å². The van der Waals surface area contributed by atoms with Crippen molar-refractivity contribution in [2.75, 3.05) is 29.9 Å². The predicted octanol–water partition coefficient (Wildman–Crippen LogP) is 5.05. The summed E-state index contributed by atoms with van der Waals surface area (Å²) < 4.78 is 0. The molecule has 0 bridgehead atoms. The van der Waals surface area contributed by atoms with Crippen LogP contribution in [0, 0.1) is 0 Å². The molecule has 1 amide bonds. The summed E-state index contributed by atoms with van der Waals surface area (Å²) in [6.07, 6.45) is 2.53. The molecule has 6 heteroatoms. The molecule has 4 nitrogen and oxygen atoms in total. The molecule has 0 spiro atoms. The van der Waals surface area contributed by atoms with Crippen molar-refractivity contribution >= 4 is 40.0 Å². The van der Waals surface area contributed by atoms with Crippen LogP contribution in [-0.4, -0.2) is 30.4 Å². The van der Waals surface area contributed by atoms with Crippen LogP contribution in [0.15, 0.2) is 59.3 Å². The second-order valence-electron chi connectivity index (χ2n) is 7.09. The molecule has 0 radical (unpaired) electrons. The Labute approximate surface area is 174 Å². The first kappa shape index (κ1) is 19.2. The molecule has 1 aliphatic heterocycles. The molecular formula is C22H25N3OS2. The van der Waals surface area contributed by atoms with Crippen LogP contribution in [-0.2, 0) is 17.9 Å². The van der Waals surface area contributed by atoms with E-state index in [1.54, 1.807) is 22.7 Å². The lowest BCUT2D eigenvalue weighted by Gasteiger charge is -2.21. The van der Waals surface area contributed by atoms with E-state index in [1.807, 2.05) is 12.1 Å². The monoisotopic (exact) mass is 411 g/mol. The van der Waals surface area contributed by atoms with Gasteiger partial charge in [0.1, 0.15) is 0 Å². The van der Waals surface area contributed by atoms with Gasteiger partial charge in [0.15, 0.2) is 0 Å². The van der Waals surface area contributed by atoms with Crippen LogP contribution in [0.3, 0.4) is 0 Å². The molecule has 0 aliphatic carbocycles. The number of anilines is 2. The zero-order chi connectivity index (χ0) is 19.2. The number of carbonyl (C=O) groups excluding carboxylic acids is 1. The fraction of sp³-hybridized carbons (Fsp3) is 0.318. The molecule has 0 saturated carbocycles. The van der Waals surface area contributed by atoms with Gasteiger partial charge in [-0.1, -0.05) is 12.1 Å². The van der Waals surface area contributed by atoms with E-state index in [1.165, 1.54) is 28.3 Å². The maximum atomic E-state index is 12.7. The third-order valence-electron chi connectivity index (χ3n) is 4.91. The van der Waals surface area contributed by atoms with E-state index in [0.717, 1.165) is 31.9 Å². The Kier molecular flexibility index (Phi) is 6.41. The van der Waals surface area contributed by atoms with Gasteiger partial charge in [0.05, 0.1) is 6.54 Å². The number of benzene rings is 1. The normalized spacial score (nSPS) is 14.0. The highest BCUT2D eigenvalue weighted by molar-refractivity contribution is 7.10. The van der Waals surface area contributed by atoms with E-state index < -0.39 is 0 Å². The van der Waals surface area contributed by atoms with Crippen LogP contribution in [0.2, 0.25) is 0 Å². The van der Waals surface area contributed by atoms with Crippen molar-refractivity contribution in [2.24, 2.45) is 0 Å². The summed E-state index contributed by atoms with van der Waals surface area (Å²) in [7, 11) is 0. The van der Waals surface area contributed by atoms with Crippen LogP contribution in [0.5, 0.6) is 0 Å². The third kappa shape index (κ3) is 5.22. The second kappa shape index (κ2) is 9.37. The maximum Gasteiger partial charge on any atom is 0.238 e. The van der Waals surface area contributed by atoms with Gasteiger partial charge in [-0.3, -0.25) is 9.69 Å². The highest BCUT2D eigenvalue weighted by atomic mass is 32.1. The van der Waals surface area contributed by atoms with Crippen LogP contribution < -0.4 is 10.2 Å². The molecule has 2 aromatic heterocycles. The SMILES string of the molecule is O=C(CN(Cc1cccs1)Cc1cccs1)Nc1ccc(N2CCCC2)cc1. The number of nitrogens with one attached hydrogen (secondary N) is 1. The number of nitrogens with zero attached hydrogens (tertiary/aromatic N) is 2. The van der Waals surface area contributed by atoms with Crippen molar-refractivity contribution in [3.8, 4) is 0 Å². The number of carbonyl (C=O) groups is 1. The van der Waals surface area contributed by atoms with Crippen molar-refractivity contribution in [1.82, 2.24) is 4.90 Å². The number of thiophene rings is 2. The summed E-state index contributed by atoms with van der Waals surface area (Å²) in [5.41, 5.74) is 2.10. The Hall–Kier alpha value is -2.15. The van der Waals surface area contributed by atoms with E-state index in [9.17, 15) is 4.79 Å². The summed E-state index contributed by atoms with van der Waals surface area (Å²) in [5, 5.41) is 7.23. The molecule has 1 saturated heterocycles. The zero-order valence-corrected chi connectivity index (χ0v) is 17.5. The van der Waals surface area contributed by atoms with Gasteiger partial charge >= 0.3 is 0 Å². The van der Waals surface area contributed by atoms with E-state index in [0.29, 0.717) is 6.54 Å². The lowest BCUT2D eigenvalue weighted by atomic mass is 10.2. The van der Waals surface area contributed by atoms with Crippen molar-refractivity contribution in [3.63, 3.8) is 0 Å². The van der Waals surface area contributed by atoms with Gasteiger partial charge in [0.25, 0.3) is 0 Å². The van der Waals surface area contributed by atoms with Gasteiger partial charge in [0.2, 0.25) is 5.91 Å². The van der Waals surface area contributed by atoms with Gasteiger partial charge < -0.3 is 10.2 Å². The minimum absolute atomic E-state index is 0.0297. The topological polar surface area (TPSA) is 35.6 Å². The summed E-state index contributed by atoms with van der Waals surface area (Å²) in [5.74, 6) is 0.0297. The Morgan fingerprint density at radius 1 is 0.929 bits per heavy atom. The summed E-state index contributed by atoms with van der Waals surface area (Å²) in [6.45, 7) is 4.22. The molecule has 1 aromatic carbocycles. The summed E-state index contributed by atoms with van der Waals surface area (Å²) >= 11 is 3.47. The van der Waals surface area contributed by atoms with E-state index >= 15 is 0 Å². The average Bonchev–Trinajstić information content (AvgIpc) is 3.46. The van der Waals surface area contributed by atoms with Gasteiger partial charge in [-0.2, -0.15) is 0 Å². The Morgan fingerprint density at radius 3 is 2.07 bits per heavy atom. The number of rotatable bonds is 8. The third-order valence-corrected chi connectivity index (χ3v) is 6.63. The maximum absolute atomic E-state index is 12.7. The van der Waals surface area contributed by atoms with Gasteiger partial charge in [-0.05, 0) is 60.0 Å². The minimum Gasteiger partial charge on any atom is -0.372 e. The lowest BCUT2D eigenvalue weighted by molar-refractivity contribution is -0.117. The molecule has 0 atom stereocenters. The van der Waals surface area contributed by atoms with Crippen LogP contribution >= 0.6 is 22.7 Å². The molecule has 1 fully saturated rings. The smallest absolute Gasteiger partial charge is 0.238 e. The first-order chi connectivity index (χ1) is 13.8. The van der Waals surface area contributed by atoms with Crippen LogP contribution in [0.4, 0.5) is 11.4 Å². The lowest BCUT2D eigenvalue weighted by Crippen LogP contribution is -2.32. The van der Waals surface area contributed by atoms with Crippen LogP contribution in [0.25, 0.3) is 0 Å². The molecule has 28 heavy (non-hydrogen) atoms. The van der Waals surface area contributed by atoms with Crippen molar-refractivity contribution in [1.29, 1.82) is 0 Å². The van der Waals surface area contributed by atoms with Crippen molar-refractivity contribution in [3.05, 3.63) is 69.0 Å². The minimum atomic E-state index is 0.0297. The van der Waals surface area contributed by atoms with E-state index in [2.05, 4.69) is 62.3 Å². The molecule has 4 rings (SSSR count). The average molecular weight is 412 g/mol.